The maximum Gasteiger partial charge on any atom is 0.407 e. The Morgan fingerprint density at radius 3 is 2.56 bits per heavy atom. The van der Waals surface area contributed by atoms with Crippen LogP contribution in [0.4, 0.5) is 10.5 Å². The summed E-state index contributed by atoms with van der Waals surface area (Å²) in [6.45, 7) is 1.24. The minimum absolute atomic E-state index is 0.402. The van der Waals surface area contributed by atoms with Crippen molar-refractivity contribution in [3.8, 4) is 0 Å². The number of amides is 1. The molecule has 18 heavy (non-hydrogen) atoms. The Morgan fingerprint density at radius 2 is 2.00 bits per heavy atom. The highest BCUT2D eigenvalue weighted by Crippen LogP contribution is 2.28. The summed E-state index contributed by atoms with van der Waals surface area (Å²) in [4.78, 5) is 14.6. The zero-order valence-corrected chi connectivity index (χ0v) is 11.9. The Labute approximate surface area is 115 Å². The summed E-state index contributed by atoms with van der Waals surface area (Å²) in [5, 5.41) is 8.93. The molecule has 0 radical (unpaired) electrons. The molecule has 1 aliphatic rings. The van der Waals surface area contributed by atoms with Crippen LogP contribution in [0.25, 0.3) is 0 Å². The highest BCUT2D eigenvalue weighted by atomic mass is 79.9. The molecular formula is C13H17BrN2O2. The Bertz CT molecular complexity index is 431. The van der Waals surface area contributed by atoms with Crippen molar-refractivity contribution in [2.75, 3.05) is 25.0 Å². The van der Waals surface area contributed by atoms with E-state index in [0.717, 1.165) is 23.0 Å². The van der Waals surface area contributed by atoms with Gasteiger partial charge in [0.15, 0.2) is 0 Å². The van der Waals surface area contributed by atoms with Crippen molar-refractivity contribution in [1.29, 1.82) is 0 Å². The van der Waals surface area contributed by atoms with Crippen LogP contribution < -0.4 is 4.90 Å². The van der Waals surface area contributed by atoms with Crippen LogP contribution in [0, 0.1) is 0 Å². The van der Waals surface area contributed by atoms with Crippen molar-refractivity contribution in [1.82, 2.24) is 4.90 Å². The summed E-state index contributed by atoms with van der Waals surface area (Å²) in [5.74, 6) is 0. The van der Waals surface area contributed by atoms with E-state index in [4.69, 9.17) is 5.11 Å². The molecule has 2 rings (SSSR count). The molecule has 1 amide bonds. The first-order valence-corrected chi connectivity index (χ1v) is 6.84. The monoisotopic (exact) mass is 312 g/mol. The van der Waals surface area contributed by atoms with Gasteiger partial charge >= 0.3 is 6.09 Å². The maximum atomic E-state index is 10.9. The number of carboxylic acid groups (broad SMARTS) is 1. The van der Waals surface area contributed by atoms with E-state index < -0.39 is 6.09 Å². The zero-order chi connectivity index (χ0) is 13.1. The van der Waals surface area contributed by atoms with E-state index in [1.807, 2.05) is 18.2 Å². The van der Waals surface area contributed by atoms with Gasteiger partial charge in [0.1, 0.15) is 0 Å². The standard InChI is InChI=1S/C13H17BrN2O2/c1-15(12-5-3-2-4-11(12)14)10-6-8-16(9-7-10)13(17)18/h2-5,10H,6-9H2,1H3,(H,17,18). The molecule has 1 heterocycles. The lowest BCUT2D eigenvalue weighted by molar-refractivity contribution is 0.132. The average molecular weight is 313 g/mol. The molecular weight excluding hydrogens is 296 g/mol. The lowest BCUT2D eigenvalue weighted by Crippen LogP contribution is -2.45. The van der Waals surface area contributed by atoms with E-state index >= 15 is 0 Å². The van der Waals surface area contributed by atoms with Gasteiger partial charge in [-0.2, -0.15) is 0 Å². The second-order valence-electron chi connectivity index (χ2n) is 4.56. The van der Waals surface area contributed by atoms with Crippen LogP contribution >= 0.6 is 15.9 Å². The van der Waals surface area contributed by atoms with Crippen molar-refractivity contribution in [2.24, 2.45) is 0 Å². The summed E-state index contributed by atoms with van der Waals surface area (Å²) < 4.78 is 1.08. The number of anilines is 1. The summed E-state index contributed by atoms with van der Waals surface area (Å²) in [5.41, 5.74) is 1.16. The molecule has 1 aliphatic heterocycles. The molecule has 1 fully saturated rings. The Hall–Kier alpha value is -1.23. The number of carbonyl (C=O) groups is 1. The second-order valence-corrected chi connectivity index (χ2v) is 5.42. The summed E-state index contributed by atoms with van der Waals surface area (Å²) >= 11 is 3.55. The molecule has 98 valence electrons. The number of hydrogen-bond donors (Lipinski definition) is 1. The third-order valence-electron chi connectivity index (χ3n) is 3.52. The lowest BCUT2D eigenvalue weighted by Gasteiger charge is -2.37. The Kier molecular flexibility index (Phi) is 4.11. The lowest BCUT2D eigenvalue weighted by atomic mass is 10.0. The van der Waals surface area contributed by atoms with Crippen molar-refractivity contribution in [3.05, 3.63) is 28.7 Å². The largest absolute Gasteiger partial charge is 0.465 e. The maximum absolute atomic E-state index is 10.9. The van der Waals surface area contributed by atoms with Crippen molar-refractivity contribution >= 4 is 27.7 Å². The fourth-order valence-corrected chi connectivity index (χ4v) is 2.94. The molecule has 5 heteroatoms. The zero-order valence-electron chi connectivity index (χ0n) is 10.3. The van der Waals surface area contributed by atoms with Gasteiger partial charge in [-0.3, -0.25) is 0 Å². The fourth-order valence-electron chi connectivity index (χ4n) is 2.38. The van der Waals surface area contributed by atoms with Crippen LogP contribution in [-0.4, -0.2) is 42.3 Å². The molecule has 0 unspecified atom stereocenters. The first-order valence-electron chi connectivity index (χ1n) is 6.05. The molecule has 4 nitrogen and oxygen atoms in total. The SMILES string of the molecule is CN(c1ccccc1Br)C1CCN(C(=O)O)CC1. The topological polar surface area (TPSA) is 43.8 Å². The predicted octanol–water partition coefficient (Wildman–Crippen LogP) is 3.03. The number of rotatable bonds is 2. The van der Waals surface area contributed by atoms with Crippen LogP contribution in [0.1, 0.15) is 12.8 Å². The number of hydrogen-bond acceptors (Lipinski definition) is 2. The third kappa shape index (κ3) is 2.77. The van der Waals surface area contributed by atoms with Gasteiger partial charge in [-0.1, -0.05) is 12.1 Å². The molecule has 1 aromatic rings. The van der Waals surface area contributed by atoms with E-state index in [1.165, 1.54) is 4.90 Å². The molecule has 0 saturated carbocycles. The van der Waals surface area contributed by atoms with Crippen LogP contribution in [0.15, 0.2) is 28.7 Å². The molecule has 0 aromatic heterocycles. The fraction of sp³-hybridized carbons (Fsp3) is 0.462. The van der Waals surface area contributed by atoms with Crippen molar-refractivity contribution < 1.29 is 9.90 Å². The second kappa shape index (κ2) is 5.61. The van der Waals surface area contributed by atoms with Gasteiger partial charge in [0.2, 0.25) is 0 Å². The predicted molar refractivity (Wildman–Crippen MR) is 75.2 cm³/mol. The van der Waals surface area contributed by atoms with Crippen molar-refractivity contribution in [3.63, 3.8) is 0 Å². The smallest absolute Gasteiger partial charge is 0.407 e. The highest BCUT2D eigenvalue weighted by Gasteiger charge is 2.25. The number of piperidine rings is 1. The number of benzene rings is 1. The number of halogens is 1. The minimum Gasteiger partial charge on any atom is -0.465 e. The average Bonchev–Trinajstić information content (AvgIpc) is 2.38. The van der Waals surface area contributed by atoms with Gasteiger partial charge in [-0.25, -0.2) is 4.79 Å². The van der Waals surface area contributed by atoms with E-state index in [2.05, 4.69) is 33.9 Å². The van der Waals surface area contributed by atoms with Gasteiger partial charge in [0.25, 0.3) is 0 Å². The molecule has 1 saturated heterocycles. The van der Waals surface area contributed by atoms with E-state index in [9.17, 15) is 4.79 Å². The first kappa shape index (κ1) is 13.2. The van der Waals surface area contributed by atoms with Gasteiger partial charge in [-0.15, -0.1) is 0 Å². The van der Waals surface area contributed by atoms with Crippen molar-refractivity contribution in [2.45, 2.75) is 18.9 Å². The van der Waals surface area contributed by atoms with Crippen LogP contribution in [0.2, 0.25) is 0 Å². The highest BCUT2D eigenvalue weighted by molar-refractivity contribution is 9.10. The summed E-state index contributed by atoms with van der Waals surface area (Å²) in [6, 6.07) is 8.52. The van der Waals surface area contributed by atoms with E-state index in [1.54, 1.807) is 0 Å². The van der Waals surface area contributed by atoms with E-state index in [-0.39, 0.29) is 0 Å². The van der Waals surface area contributed by atoms with E-state index in [0.29, 0.717) is 19.1 Å². The minimum atomic E-state index is -0.808. The Balaban J connectivity index is 2.02. The van der Waals surface area contributed by atoms with Gasteiger partial charge in [0.05, 0.1) is 5.69 Å². The third-order valence-corrected chi connectivity index (χ3v) is 4.19. The van der Waals surface area contributed by atoms with Crippen LogP contribution in [0.5, 0.6) is 0 Å². The molecule has 0 bridgehead atoms. The number of para-hydroxylation sites is 1. The molecule has 1 N–H and O–H groups in total. The molecule has 0 spiro atoms. The first-order chi connectivity index (χ1) is 8.59. The number of nitrogens with zero attached hydrogens (tertiary/aromatic N) is 2. The van der Waals surface area contributed by atoms with Gasteiger partial charge in [0, 0.05) is 30.7 Å². The normalized spacial score (nSPS) is 16.7. The molecule has 1 aromatic carbocycles. The number of likely N-dealkylation sites (tertiary alicyclic amines) is 1. The van der Waals surface area contributed by atoms with Crippen LogP contribution in [-0.2, 0) is 0 Å². The van der Waals surface area contributed by atoms with Gasteiger partial charge in [-0.05, 0) is 40.9 Å². The Morgan fingerprint density at radius 1 is 1.39 bits per heavy atom. The molecule has 0 aliphatic carbocycles. The quantitative estimate of drug-likeness (QED) is 0.913. The summed E-state index contributed by atoms with van der Waals surface area (Å²) in [7, 11) is 2.07. The summed E-state index contributed by atoms with van der Waals surface area (Å²) in [6.07, 6.45) is 0.950. The van der Waals surface area contributed by atoms with Crippen LogP contribution in [0.3, 0.4) is 0 Å². The van der Waals surface area contributed by atoms with Gasteiger partial charge < -0.3 is 14.9 Å². The molecule has 0 atom stereocenters.